The number of hydrogen-bond donors (Lipinski definition) is 2. The van der Waals surface area contributed by atoms with Gasteiger partial charge >= 0.3 is 0 Å². The van der Waals surface area contributed by atoms with Gasteiger partial charge in [-0.2, -0.15) is 0 Å². The van der Waals surface area contributed by atoms with Crippen LogP contribution in [0.15, 0.2) is 72.8 Å². The molecular weight excluding hydrogens is 399 g/mol. The Balaban J connectivity index is 1.33. The molecule has 2 N–H and O–H groups in total. The number of benzene rings is 3. The third-order valence-corrected chi connectivity index (χ3v) is 7.09. The van der Waals surface area contributed by atoms with Gasteiger partial charge in [-0.05, 0) is 65.3 Å². The van der Waals surface area contributed by atoms with E-state index in [1.807, 2.05) is 12.1 Å². The summed E-state index contributed by atoms with van der Waals surface area (Å²) in [6.45, 7) is 3.40. The SMILES string of the molecule is Oc1ccc2c(c1)CC[C@@H](c1ccccc1)[C@H]2c1ccc(NCCN2CC(CF)C2)cc1. The maximum Gasteiger partial charge on any atom is 0.115 e. The molecule has 5 rings (SSSR count). The molecule has 0 unspecified atom stereocenters. The molecule has 3 aromatic rings. The van der Waals surface area contributed by atoms with E-state index in [0.29, 0.717) is 11.7 Å². The van der Waals surface area contributed by atoms with Crippen LogP contribution < -0.4 is 5.32 Å². The third-order valence-electron chi connectivity index (χ3n) is 7.09. The predicted octanol–water partition coefficient (Wildman–Crippen LogP) is 5.57. The Morgan fingerprint density at radius 3 is 2.47 bits per heavy atom. The summed E-state index contributed by atoms with van der Waals surface area (Å²) in [5, 5.41) is 13.5. The largest absolute Gasteiger partial charge is 0.508 e. The third kappa shape index (κ3) is 4.37. The molecule has 0 amide bonds. The molecule has 4 heteroatoms. The lowest BCUT2D eigenvalue weighted by molar-refractivity contribution is 0.0856. The lowest BCUT2D eigenvalue weighted by Gasteiger charge is -2.37. The number of anilines is 1. The second kappa shape index (κ2) is 9.33. The van der Waals surface area contributed by atoms with Crippen LogP contribution in [-0.2, 0) is 6.42 Å². The highest BCUT2D eigenvalue weighted by molar-refractivity contribution is 5.51. The van der Waals surface area contributed by atoms with Crippen molar-refractivity contribution in [3.05, 3.63) is 95.1 Å². The first-order valence-electron chi connectivity index (χ1n) is 11.7. The monoisotopic (exact) mass is 430 g/mol. The fourth-order valence-electron chi connectivity index (χ4n) is 5.40. The second-order valence-corrected chi connectivity index (χ2v) is 9.25. The topological polar surface area (TPSA) is 35.5 Å². The van der Waals surface area contributed by atoms with E-state index in [1.54, 1.807) is 0 Å². The van der Waals surface area contributed by atoms with Gasteiger partial charge in [0.25, 0.3) is 0 Å². The predicted molar refractivity (Wildman–Crippen MR) is 128 cm³/mol. The van der Waals surface area contributed by atoms with E-state index < -0.39 is 0 Å². The van der Waals surface area contributed by atoms with Crippen LogP contribution in [0.2, 0.25) is 0 Å². The number of phenolic OH excluding ortho intramolecular Hbond substituents is 1. The van der Waals surface area contributed by atoms with E-state index in [0.717, 1.165) is 44.7 Å². The highest BCUT2D eigenvalue weighted by Crippen LogP contribution is 2.47. The van der Waals surface area contributed by atoms with Gasteiger partial charge in [0.2, 0.25) is 0 Å². The number of aromatic hydroxyl groups is 1. The molecule has 0 spiro atoms. The average Bonchev–Trinajstić information content (AvgIpc) is 2.80. The van der Waals surface area contributed by atoms with Gasteiger partial charge < -0.3 is 15.3 Å². The summed E-state index contributed by atoms with van der Waals surface area (Å²) in [6.07, 6.45) is 2.06. The maximum absolute atomic E-state index is 12.6. The van der Waals surface area contributed by atoms with Crippen LogP contribution >= 0.6 is 0 Å². The zero-order valence-corrected chi connectivity index (χ0v) is 18.4. The molecule has 1 aliphatic heterocycles. The fourth-order valence-corrected chi connectivity index (χ4v) is 5.40. The molecule has 2 aliphatic rings. The summed E-state index contributed by atoms with van der Waals surface area (Å²) in [5.74, 6) is 1.28. The van der Waals surface area contributed by atoms with Crippen molar-refractivity contribution in [2.75, 3.05) is 38.2 Å². The van der Waals surface area contributed by atoms with Crippen molar-refractivity contribution in [1.29, 1.82) is 0 Å². The molecule has 0 bridgehead atoms. The highest BCUT2D eigenvalue weighted by atomic mass is 19.1. The van der Waals surface area contributed by atoms with Crippen molar-refractivity contribution in [3.8, 4) is 5.75 Å². The zero-order valence-electron chi connectivity index (χ0n) is 18.4. The van der Waals surface area contributed by atoms with Gasteiger partial charge in [0, 0.05) is 43.7 Å². The molecule has 166 valence electrons. The zero-order chi connectivity index (χ0) is 21.9. The lowest BCUT2D eigenvalue weighted by atomic mass is 9.69. The Kier molecular flexibility index (Phi) is 6.13. The molecule has 0 saturated carbocycles. The van der Waals surface area contributed by atoms with E-state index in [9.17, 15) is 9.50 Å². The molecule has 0 radical (unpaired) electrons. The van der Waals surface area contributed by atoms with Crippen molar-refractivity contribution in [1.82, 2.24) is 4.90 Å². The number of nitrogens with one attached hydrogen (secondary N) is 1. The molecule has 3 aromatic carbocycles. The van der Waals surface area contributed by atoms with E-state index >= 15 is 0 Å². The number of hydrogen-bond acceptors (Lipinski definition) is 3. The Hall–Kier alpha value is -2.85. The number of fused-ring (bicyclic) bond motifs is 1. The van der Waals surface area contributed by atoms with Crippen LogP contribution in [-0.4, -0.2) is 42.9 Å². The molecule has 1 heterocycles. The number of halogens is 1. The summed E-state index contributed by atoms with van der Waals surface area (Å²) >= 11 is 0. The minimum Gasteiger partial charge on any atom is -0.508 e. The van der Waals surface area contributed by atoms with Crippen molar-refractivity contribution in [2.24, 2.45) is 5.92 Å². The molecule has 3 nitrogen and oxygen atoms in total. The van der Waals surface area contributed by atoms with Gasteiger partial charge in [0.1, 0.15) is 5.75 Å². The molecule has 32 heavy (non-hydrogen) atoms. The molecule has 1 saturated heterocycles. The minimum absolute atomic E-state index is 0.195. The molecule has 1 fully saturated rings. The molecule has 0 aromatic heterocycles. The van der Waals surface area contributed by atoms with E-state index in [2.05, 4.69) is 70.9 Å². The van der Waals surface area contributed by atoms with Gasteiger partial charge in [0.15, 0.2) is 0 Å². The number of rotatable bonds is 7. The van der Waals surface area contributed by atoms with Crippen LogP contribution in [0.1, 0.15) is 40.5 Å². The van der Waals surface area contributed by atoms with Gasteiger partial charge in [-0.1, -0.05) is 48.5 Å². The number of nitrogens with zero attached hydrogens (tertiary/aromatic N) is 1. The van der Waals surface area contributed by atoms with Crippen LogP contribution in [0.25, 0.3) is 0 Å². The summed E-state index contributed by atoms with van der Waals surface area (Å²) in [5.41, 5.74) is 6.38. The van der Waals surface area contributed by atoms with Crippen molar-refractivity contribution in [3.63, 3.8) is 0 Å². The Bertz CT molecular complexity index is 1030. The number of aryl methyl sites for hydroxylation is 1. The minimum atomic E-state index is -0.195. The van der Waals surface area contributed by atoms with Crippen LogP contribution in [0.5, 0.6) is 5.75 Å². The first kappa shape index (κ1) is 21.0. The van der Waals surface area contributed by atoms with Crippen LogP contribution in [0, 0.1) is 5.92 Å². The Morgan fingerprint density at radius 2 is 1.72 bits per heavy atom. The summed E-state index contributed by atoms with van der Waals surface area (Å²) in [4.78, 5) is 2.30. The maximum atomic E-state index is 12.6. The van der Waals surface area contributed by atoms with Gasteiger partial charge in [0.05, 0.1) is 6.67 Å². The van der Waals surface area contributed by atoms with E-state index in [-0.39, 0.29) is 18.5 Å². The van der Waals surface area contributed by atoms with Crippen LogP contribution in [0.4, 0.5) is 10.1 Å². The number of likely N-dealkylation sites (tertiary alicyclic amines) is 1. The highest BCUT2D eigenvalue weighted by Gasteiger charge is 2.32. The van der Waals surface area contributed by atoms with Crippen LogP contribution in [0.3, 0.4) is 0 Å². The summed E-state index contributed by atoms with van der Waals surface area (Å²) in [7, 11) is 0. The van der Waals surface area contributed by atoms with Gasteiger partial charge in [-0.25, -0.2) is 0 Å². The normalized spacial score (nSPS) is 21.0. The molecule has 2 atom stereocenters. The summed E-state index contributed by atoms with van der Waals surface area (Å²) in [6, 6.07) is 25.5. The van der Waals surface area contributed by atoms with E-state index in [1.165, 1.54) is 22.3 Å². The average molecular weight is 431 g/mol. The quantitative estimate of drug-likeness (QED) is 0.515. The number of phenols is 1. The standard InChI is InChI=1S/C28H31FN2O/c29-17-20-18-31(19-20)15-14-30-24-9-6-22(7-10-24)28-26(21-4-2-1-3-5-21)12-8-23-16-25(32)11-13-27(23)28/h1-7,9-11,13,16,20,26,28,30,32H,8,12,14-15,17-19H2/t26-,28+/m0/s1. The smallest absolute Gasteiger partial charge is 0.115 e. The Morgan fingerprint density at radius 1 is 0.938 bits per heavy atom. The van der Waals surface area contributed by atoms with Crippen molar-refractivity contribution < 1.29 is 9.50 Å². The molecular formula is C28H31FN2O. The first-order chi connectivity index (χ1) is 15.7. The second-order valence-electron chi connectivity index (χ2n) is 9.25. The fraction of sp³-hybridized carbons (Fsp3) is 0.357. The van der Waals surface area contributed by atoms with Gasteiger partial charge in [-0.3, -0.25) is 4.39 Å². The van der Waals surface area contributed by atoms with E-state index in [4.69, 9.17) is 0 Å². The number of alkyl halides is 1. The van der Waals surface area contributed by atoms with Crippen molar-refractivity contribution in [2.45, 2.75) is 24.7 Å². The van der Waals surface area contributed by atoms with Crippen molar-refractivity contribution >= 4 is 5.69 Å². The molecule has 1 aliphatic carbocycles. The first-order valence-corrected chi connectivity index (χ1v) is 11.7. The Labute approximate surface area is 189 Å². The lowest BCUT2D eigenvalue weighted by Crippen LogP contribution is -2.49. The summed E-state index contributed by atoms with van der Waals surface area (Å²) < 4.78 is 12.6. The van der Waals surface area contributed by atoms with Gasteiger partial charge in [-0.15, -0.1) is 0 Å².